The van der Waals surface area contributed by atoms with Crippen LogP contribution in [0.4, 0.5) is 8.78 Å². The van der Waals surface area contributed by atoms with Gasteiger partial charge in [0.2, 0.25) is 0 Å². The molecule has 8 heteroatoms. The Balaban J connectivity index is 1.57. The number of rotatable bonds is 9. The number of carbonyl (C=O) groups is 2. The Morgan fingerprint density at radius 2 is 1.83 bits per heavy atom. The molecule has 1 atom stereocenters. The van der Waals surface area contributed by atoms with Crippen molar-refractivity contribution in [3.63, 3.8) is 0 Å². The van der Waals surface area contributed by atoms with Gasteiger partial charge < -0.3 is 19.5 Å². The zero-order valence-corrected chi connectivity index (χ0v) is 20.1. The molecule has 0 saturated heterocycles. The molecule has 3 aromatic rings. The number of benzene rings is 3. The van der Waals surface area contributed by atoms with Crippen LogP contribution in [0.3, 0.4) is 0 Å². The molecule has 36 heavy (non-hydrogen) atoms. The molecule has 0 bridgehead atoms. The van der Waals surface area contributed by atoms with Crippen molar-refractivity contribution in [2.24, 2.45) is 0 Å². The molecular weight excluding hydrogens is 468 g/mol. The summed E-state index contributed by atoms with van der Waals surface area (Å²) in [5.41, 5.74) is 1.68. The number of halogens is 2. The molecule has 0 aromatic heterocycles. The molecule has 1 aliphatic heterocycles. The quantitative estimate of drug-likeness (QED) is 0.467. The van der Waals surface area contributed by atoms with Gasteiger partial charge in [0.15, 0.2) is 11.5 Å². The molecule has 0 radical (unpaired) electrons. The van der Waals surface area contributed by atoms with Crippen LogP contribution in [0.25, 0.3) is 0 Å². The van der Waals surface area contributed by atoms with Crippen LogP contribution < -0.4 is 9.47 Å². The fourth-order valence-electron chi connectivity index (χ4n) is 4.55. The molecule has 1 heterocycles. The Morgan fingerprint density at radius 3 is 2.50 bits per heavy atom. The summed E-state index contributed by atoms with van der Waals surface area (Å²) in [6, 6.07) is 15.6. The van der Waals surface area contributed by atoms with E-state index in [-0.39, 0.29) is 24.3 Å². The van der Waals surface area contributed by atoms with E-state index in [1.54, 1.807) is 36.4 Å². The maximum absolute atomic E-state index is 14.1. The highest BCUT2D eigenvalue weighted by Gasteiger charge is 2.38. The van der Waals surface area contributed by atoms with Crippen LogP contribution in [0.1, 0.15) is 34.0 Å². The second-order valence-electron chi connectivity index (χ2n) is 9.16. The van der Waals surface area contributed by atoms with E-state index >= 15 is 0 Å². The maximum atomic E-state index is 14.1. The molecule has 1 amide bonds. The number of carboxylic acids is 1. The van der Waals surface area contributed by atoms with Crippen LogP contribution in [0.2, 0.25) is 0 Å². The van der Waals surface area contributed by atoms with Crippen molar-refractivity contribution in [3.05, 3.63) is 94.6 Å². The number of carbonyl (C=O) groups excluding carboxylic acids is 1. The minimum Gasteiger partial charge on any atom is -0.493 e. The number of ether oxygens (including phenoxy) is 2. The predicted octanol–water partition coefficient (Wildman–Crippen LogP) is 4.68. The fraction of sp³-hybridized carbons (Fsp3) is 0.286. The number of methoxy groups -OCH3 is 1. The van der Waals surface area contributed by atoms with Crippen LogP contribution in [-0.4, -0.2) is 47.7 Å². The summed E-state index contributed by atoms with van der Waals surface area (Å²) in [7, 11) is 1.47. The number of nitrogens with zero attached hydrogens (tertiary/aromatic N) is 1. The molecule has 0 saturated carbocycles. The number of hydrogen-bond donors (Lipinski definition) is 1. The van der Waals surface area contributed by atoms with Gasteiger partial charge in [0, 0.05) is 30.5 Å². The lowest BCUT2D eigenvalue weighted by molar-refractivity contribution is -0.137. The zero-order valence-electron chi connectivity index (χ0n) is 20.1. The smallest absolute Gasteiger partial charge is 0.323 e. The first-order chi connectivity index (χ1) is 17.2. The van der Waals surface area contributed by atoms with E-state index in [4.69, 9.17) is 9.47 Å². The van der Waals surface area contributed by atoms with Crippen LogP contribution in [-0.2, 0) is 24.1 Å². The Hall–Kier alpha value is -3.94. The third-order valence-corrected chi connectivity index (χ3v) is 6.23. The third kappa shape index (κ3) is 5.64. The molecule has 1 aliphatic rings. The molecule has 188 valence electrons. The maximum Gasteiger partial charge on any atom is 0.323 e. The van der Waals surface area contributed by atoms with Crippen molar-refractivity contribution in [2.45, 2.75) is 31.8 Å². The first kappa shape index (κ1) is 25.2. The fourth-order valence-corrected chi connectivity index (χ4v) is 4.55. The summed E-state index contributed by atoms with van der Waals surface area (Å²) >= 11 is 0. The van der Waals surface area contributed by atoms with Crippen LogP contribution in [0.5, 0.6) is 11.5 Å². The minimum atomic E-state index is -1.17. The van der Waals surface area contributed by atoms with Gasteiger partial charge in [0.1, 0.15) is 23.8 Å². The van der Waals surface area contributed by atoms with Gasteiger partial charge in [-0.05, 0) is 54.8 Å². The summed E-state index contributed by atoms with van der Waals surface area (Å²) in [6.45, 7) is 1.44. The lowest BCUT2D eigenvalue weighted by Gasteiger charge is -2.24. The van der Waals surface area contributed by atoms with Gasteiger partial charge in [0.25, 0.3) is 5.91 Å². The van der Waals surface area contributed by atoms with Crippen molar-refractivity contribution in [1.82, 2.24) is 4.90 Å². The summed E-state index contributed by atoms with van der Waals surface area (Å²) in [6.07, 6.45) is 1.17. The van der Waals surface area contributed by atoms with Gasteiger partial charge >= 0.3 is 5.97 Å². The standard InChI is InChI=1S/C28H27F2NO5/c1-28(15-18-7-9-22(29)10-8-18)16-21-13-20(14-24(35-2)26(21)36-28)27(34)31(17-25(32)33)12-11-19-5-3-4-6-23(19)30/h3-10,13-14H,11-12,15-17H2,1-2H3,(H,32,33). The molecule has 1 unspecified atom stereocenters. The Kier molecular flexibility index (Phi) is 7.24. The van der Waals surface area contributed by atoms with Crippen molar-refractivity contribution >= 4 is 11.9 Å². The van der Waals surface area contributed by atoms with Gasteiger partial charge in [0.05, 0.1) is 7.11 Å². The zero-order chi connectivity index (χ0) is 25.9. The molecular formula is C28H27F2NO5. The molecule has 0 aliphatic carbocycles. The van der Waals surface area contributed by atoms with Gasteiger partial charge in [-0.15, -0.1) is 0 Å². The van der Waals surface area contributed by atoms with Crippen LogP contribution >= 0.6 is 0 Å². The second-order valence-corrected chi connectivity index (χ2v) is 9.16. The van der Waals surface area contributed by atoms with E-state index in [1.165, 1.54) is 36.3 Å². The second kappa shape index (κ2) is 10.4. The summed E-state index contributed by atoms with van der Waals surface area (Å²) < 4.78 is 39.1. The van der Waals surface area contributed by atoms with E-state index in [0.717, 1.165) is 11.1 Å². The lowest BCUT2D eigenvalue weighted by Crippen LogP contribution is -2.37. The van der Waals surface area contributed by atoms with Crippen LogP contribution in [0, 0.1) is 11.6 Å². The van der Waals surface area contributed by atoms with E-state index in [9.17, 15) is 23.5 Å². The van der Waals surface area contributed by atoms with Gasteiger partial charge in [-0.25, -0.2) is 8.78 Å². The Bertz CT molecular complexity index is 1280. The topological polar surface area (TPSA) is 76.1 Å². The third-order valence-electron chi connectivity index (χ3n) is 6.23. The van der Waals surface area contributed by atoms with Gasteiger partial charge in [-0.3, -0.25) is 9.59 Å². The highest BCUT2D eigenvalue weighted by Crippen LogP contribution is 2.44. The SMILES string of the molecule is COc1cc(C(=O)N(CCc2ccccc2F)CC(=O)O)cc2c1OC(C)(Cc1ccc(F)cc1)C2. The predicted molar refractivity (Wildman–Crippen MR) is 129 cm³/mol. The average molecular weight is 496 g/mol. The van der Waals surface area contributed by atoms with E-state index < -0.39 is 29.8 Å². The van der Waals surface area contributed by atoms with Crippen molar-refractivity contribution < 1.29 is 33.0 Å². The lowest BCUT2D eigenvalue weighted by atomic mass is 9.91. The molecule has 0 fully saturated rings. The van der Waals surface area contributed by atoms with Crippen molar-refractivity contribution in [3.8, 4) is 11.5 Å². The van der Waals surface area contributed by atoms with E-state index in [0.29, 0.717) is 29.9 Å². The number of hydrogen-bond acceptors (Lipinski definition) is 4. The van der Waals surface area contributed by atoms with Crippen LogP contribution in [0.15, 0.2) is 60.7 Å². The largest absolute Gasteiger partial charge is 0.493 e. The molecule has 4 rings (SSSR count). The molecule has 3 aromatic carbocycles. The molecule has 1 N–H and O–H groups in total. The van der Waals surface area contributed by atoms with Gasteiger partial charge in [-0.1, -0.05) is 30.3 Å². The molecule has 6 nitrogen and oxygen atoms in total. The number of aliphatic carboxylic acids is 1. The summed E-state index contributed by atoms with van der Waals surface area (Å²) in [5, 5.41) is 9.38. The number of fused-ring (bicyclic) bond motifs is 1. The summed E-state index contributed by atoms with van der Waals surface area (Å²) in [4.78, 5) is 26.0. The number of carboxylic acid groups (broad SMARTS) is 1. The molecule has 0 spiro atoms. The Labute approximate surface area is 208 Å². The van der Waals surface area contributed by atoms with Crippen molar-refractivity contribution in [1.29, 1.82) is 0 Å². The highest BCUT2D eigenvalue weighted by atomic mass is 19.1. The van der Waals surface area contributed by atoms with Crippen molar-refractivity contribution in [2.75, 3.05) is 20.2 Å². The normalized spacial score (nSPS) is 16.2. The monoisotopic (exact) mass is 495 g/mol. The Morgan fingerprint density at radius 1 is 1.11 bits per heavy atom. The van der Waals surface area contributed by atoms with E-state index in [2.05, 4.69) is 0 Å². The average Bonchev–Trinajstić information content (AvgIpc) is 3.18. The van der Waals surface area contributed by atoms with Gasteiger partial charge in [-0.2, -0.15) is 0 Å². The summed E-state index contributed by atoms with van der Waals surface area (Å²) in [5.74, 6) is -1.50. The first-order valence-corrected chi connectivity index (χ1v) is 11.6. The number of amides is 1. The highest BCUT2D eigenvalue weighted by molar-refractivity contribution is 5.97. The minimum absolute atomic E-state index is 0.0320. The first-order valence-electron chi connectivity index (χ1n) is 11.6. The van der Waals surface area contributed by atoms with E-state index in [1.807, 2.05) is 6.92 Å².